The van der Waals surface area contributed by atoms with Crippen molar-refractivity contribution in [3.05, 3.63) is 59.8 Å². The van der Waals surface area contributed by atoms with Crippen LogP contribution in [-0.2, 0) is 4.74 Å². The molecule has 2 amide bonds. The van der Waals surface area contributed by atoms with Crippen LogP contribution in [0.4, 0.5) is 16.3 Å². The van der Waals surface area contributed by atoms with Gasteiger partial charge in [-0.3, -0.25) is 0 Å². The Morgan fingerprint density at radius 1 is 1.00 bits per heavy atom. The van der Waals surface area contributed by atoms with Crippen LogP contribution in [0.5, 0.6) is 5.75 Å². The van der Waals surface area contributed by atoms with Crippen molar-refractivity contribution >= 4 is 23.5 Å². The van der Waals surface area contributed by atoms with E-state index in [0.29, 0.717) is 22.6 Å². The number of nitrogens with zero attached hydrogens (tertiary/aromatic N) is 2. The number of nitrogens with one attached hydrogen (secondary N) is 2. The SMILES string of the molecule is COC(=O)c1cc(-c2ccc(NC(=O)N(C)C)cc2)c(OC)c(C)c1-c1ccc(NC(C)C)nc1. The standard InChI is InChI=1S/C27H32N4O4/c1-16(2)29-23-13-10-19(15-28-23)24-17(3)25(34-6)21(14-22(24)26(32)35-7)18-8-11-20(12-9-18)30-27(33)31(4)5/h8-16H,1-7H3,(H,28,29)(H,30,33). The summed E-state index contributed by atoms with van der Waals surface area (Å²) in [6, 6.07) is 13.0. The highest BCUT2D eigenvalue weighted by atomic mass is 16.5. The summed E-state index contributed by atoms with van der Waals surface area (Å²) < 4.78 is 10.9. The summed E-state index contributed by atoms with van der Waals surface area (Å²) in [5.41, 5.74) is 4.93. The van der Waals surface area contributed by atoms with Crippen LogP contribution < -0.4 is 15.4 Å². The van der Waals surface area contributed by atoms with Crippen LogP contribution in [0.25, 0.3) is 22.3 Å². The van der Waals surface area contributed by atoms with Crippen molar-refractivity contribution in [1.82, 2.24) is 9.88 Å². The number of hydrogen-bond acceptors (Lipinski definition) is 6. The smallest absolute Gasteiger partial charge is 0.338 e. The lowest BCUT2D eigenvalue weighted by atomic mass is 9.90. The number of aromatic nitrogens is 1. The molecule has 0 unspecified atom stereocenters. The highest BCUT2D eigenvalue weighted by Gasteiger charge is 2.23. The average Bonchev–Trinajstić information content (AvgIpc) is 2.83. The van der Waals surface area contributed by atoms with Crippen molar-refractivity contribution in [3.63, 3.8) is 0 Å². The Labute approximate surface area is 206 Å². The van der Waals surface area contributed by atoms with Crippen molar-refractivity contribution in [3.8, 4) is 28.0 Å². The molecule has 2 N–H and O–H groups in total. The van der Waals surface area contributed by atoms with Crippen LogP contribution in [-0.4, -0.2) is 56.2 Å². The predicted octanol–water partition coefficient (Wildman–Crippen LogP) is 5.43. The van der Waals surface area contributed by atoms with Gasteiger partial charge in [-0.1, -0.05) is 12.1 Å². The number of carbonyl (C=O) groups excluding carboxylic acids is 2. The van der Waals surface area contributed by atoms with Crippen molar-refractivity contribution in [2.45, 2.75) is 26.8 Å². The number of carbonyl (C=O) groups is 2. The van der Waals surface area contributed by atoms with Gasteiger partial charge in [-0.2, -0.15) is 0 Å². The van der Waals surface area contributed by atoms with E-state index in [1.54, 1.807) is 33.5 Å². The average molecular weight is 477 g/mol. The van der Waals surface area contributed by atoms with E-state index in [9.17, 15) is 9.59 Å². The molecule has 184 valence electrons. The third-order valence-electron chi connectivity index (χ3n) is 5.47. The molecule has 0 saturated carbocycles. The fourth-order valence-corrected chi connectivity index (χ4v) is 3.81. The van der Waals surface area contributed by atoms with Crippen molar-refractivity contribution in [1.29, 1.82) is 0 Å². The van der Waals surface area contributed by atoms with E-state index in [0.717, 1.165) is 28.1 Å². The first-order valence-electron chi connectivity index (χ1n) is 11.3. The molecule has 0 aliphatic rings. The van der Waals surface area contributed by atoms with E-state index >= 15 is 0 Å². The quantitative estimate of drug-likeness (QED) is 0.442. The van der Waals surface area contributed by atoms with E-state index in [1.165, 1.54) is 12.0 Å². The molecule has 0 aliphatic heterocycles. The van der Waals surface area contributed by atoms with Crippen LogP contribution in [0.1, 0.15) is 29.8 Å². The van der Waals surface area contributed by atoms with E-state index in [1.807, 2.05) is 57.2 Å². The summed E-state index contributed by atoms with van der Waals surface area (Å²) in [5, 5.41) is 6.08. The van der Waals surface area contributed by atoms with Gasteiger partial charge in [0.1, 0.15) is 11.6 Å². The largest absolute Gasteiger partial charge is 0.496 e. The maximum absolute atomic E-state index is 12.8. The van der Waals surface area contributed by atoms with Crippen LogP contribution in [0.3, 0.4) is 0 Å². The van der Waals surface area contributed by atoms with Gasteiger partial charge in [-0.15, -0.1) is 0 Å². The summed E-state index contributed by atoms with van der Waals surface area (Å²) in [7, 11) is 6.32. The number of methoxy groups -OCH3 is 2. The predicted molar refractivity (Wildman–Crippen MR) is 139 cm³/mol. The van der Waals surface area contributed by atoms with Gasteiger partial charge in [-0.25, -0.2) is 14.6 Å². The molecule has 0 saturated heterocycles. The number of urea groups is 1. The molecule has 0 aliphatic carbocycles. The highest BCUT2D eigenvalue weighted by Crippen LogP contribution is 2.41. The second-order valence-corrected chi connectivity index (χ2v) is 8.63. The van der Waals surface area contributed by atoms with E-state index in [4.69, 9.17) is 9.47 Å². The Morgan fingerprint density at radius 2 is 1.66 bits per heavy atom. The van der Waals surface area contributed by atoms with E-state index < -0.39 is 5.97 Å². The zero-order chi connectivity index (χ0) is 25.7. The molecule has 0 bridgehead atoms. The molecule has 0 radical (unpaired) electrons. The molecule has 2 aromatic carbocycles. The molecule has 1 aromatic heterocycles. The third kappa shape index (κ3) is 5.71. The van der Waals surface area contributed by atoms with Gasteiger partial charge in [-0.05, 0) is 56.7 Å². The molecule has 8 nitrogen and oxygen atoms in total. The Bertz CT molecular complexity index is 1200. The van der Waals surface area contributed by atoms with Gasteiger partial charge in [0.05, 0.1) is 19.8 Å². The van der Waals surface area contributed by atoms with Gasteiger partial charge < -0.3 is 25.0 Å². The molecule has 3 aromatic rings. The van der Waals surface area contributed by atoms with Gasteiger partial charge in [0.25, 0.3) is 0 Å². The summed E-state index contributed by atoms with van der Waals surface area (Å²) in [6.45, 7) is 6.00. The van der Waals surface area contributed by atoms with Crippen LogP contribution in [0.15, 0.2) is 48.7 Å². The number of esters is 1. The molecule has 35 heavy (non-hydrogen) atoms. The van der Waals surface area contributed by atoms with E-state index in [-0.39, 0.29) is 12.1 Å². The zero-order valence-electron chi connectivity index (χ0n) is 21.2. The Hall–Kier alpha value is -4.07. The molecule has 0 fully saturated rings. The maximum Gasteiger partial charge on any atom is 0.338 e. The van der Waals surface area contributed by atoms with E-state index in [2.05, 4.69) is 15.6 Å². The van der Waals surface area contributed by atoms with Crippen LogP contribution in [0, 0.1) is 6.92 Å². The minimum Gasteiger partial charge on any atom is -0.496 e. The van der Waals surface area contributed by atoms with Crippen molar-refractivity contribution in [2.24, 2.45) is 0 Å². The second kappa shape index (κ2) is 10.9. The van der Waals surface area contributed by atoms with Gasteiger partial charge in [0, 0.05) is 54.3 Å². The molecule has 1 heterocycles. The molecular formula is C27H32N4O4. The fraction of sp³-hybridized carbons (Fsp3) is 0.296. The highest BCUT2D eigenvalue weighted by molar-refractivity contribution is 6.01. The number of pyridine rings is 1. The zero-order valence-corrected chi connectivity index (χ0v) is 21.2. The lowest BCUT2D eigenvalue weighted by Crippen LogP contribution is -2.27. The minimum atomic E-state index is -0.453. The summed E-state index contributed by atoms with van der Waals surface area (Å²) in [6.07, 6.45) is 1.74. The van der Waals surface area contributed by atoms with Gasteiger partial charge >= 0.3 is 12.0 Å². The number of benzene rings is 2. The van der Waals surface area contributed by atoms with Crippen molar-refractivity contribution < 1.29 is 19.1 Å². The number of amides is 2. The normalized spacial score (nSPS) is 10.6. The Balaban J connectivity index is 2.11. The first-order valence-corrected chi connectivity index (χ1v) is 11.3. The number of rotatable bonds is 7. The minimum absolute atomic E-state index is 0.216. The molecule has 0 spiro atoms. The molecule has 0 atom stereocenters. The summed E-state index contributed by atoms with van der Waals surface area (Å²) in [4.78, 5) is 30.8. The lowest BCUT2D eigenvalue weighted by molar-refractivity contribution is 0.0601. The monoisotopic (exact) mass is 476 g/mol. The maximum atomic E-state index is 12.8. The number of ether oxygens (including phenoxy) is 2. The number of anilines is 2. The Morgan fingerprint density at radius 3 is 2.17 bits per heavy atom. The molecule has 3 rings (SSSR count). The third-order valence-corrected chi connectivity index (χ3v) is 5.47. The van der Waals surface area contributed by atoms with Gasteiger partial charge in [0.15, 0.2) is 0 Å². The van der Waals surface area contributed by atoms with Crippen molar-refractivity contribution in [2.75, 3.05) is 38.9 Å². The molecule has 8 heteroatoms. The molecular weight excluding hydrogens is 444 g/mol. The van der Waals surface area contributed by atoms with Gasteiger partial charge in [0.2, 0.25) is 0 Å². The topological polar surface area (TPSA) is 92.8 Å². The first-order chi connectivity index (χ1) is 16.7. The summed E-state index contributed by atoms with van der Waals surface area (Å²) in [5.74, 6) is 0.944. The fourth-order valence-electron chi connectivity index (χ4n) is 3.81. The summed E-state index contributed by atoms with van der Waals surface area (Å²) >= 11 is 0. The van der Waals surface area contributed by atoms with Crippen LogP contribution in [0.2, 0.25) is 0 Å². The Kier molecular flexibility index (Phi) is 7.96. The van der Waals surface area contributed by atoms with Crippen LogP contribution >= 0.6 is 0 Å². The lowest BCUT2D eigenvalue weighted by Gasteiger charge is -2.20. The second-order valence-electron chi connectivity index (χ2n) is 8.63. The first kappa shape index (κ1) is 25.6. The number of hydrogen-bond donors (Lipinski definition) is 2.